The highest BCUT2D eigenvalue weighted by Crippen LogP contribution is 2.23. The first-order valence-electron chi connectivity index (χ1n) is 10.5. The minimum absolute atomic E-state index is 0.0871. The van der Waals surface area contributed by atoms with Gasteiger partial charge in [-0.15, -0.1) is 0 Å². The number of nitrogens with zero attached hydrogens (tertiary/aromatic N) is 4. The van der Waals surface area contributed by atoms with Gasteiger partial charge in [0.15, 0.2) is 11.6 Å². The summed E-state index contributed by atoms with van der Waals surface area (Å²) in [7, 11) is 0. The Kier molecular flexibility index (Phi) is 6.58. The van der Waals surface area contributed by atoms with Crippen LogP contribution < -0.4 is 16.0 Å². The number of hydrogen-bond donors (Lipinski definition) is 3. The molecule has 3 aromatic rings. The molecule has 33 heavy (non-hydrogen) atoms. The molecule has 4 rings (SSSR count). The lowest BCUT2D eigenvalue weighted by atomic mass is 10.1. The van der Waals surface area contributed by atoms with Crippen molar-refractivity contribution in [2.75, 3.05) is 16.0 Å². The number of carbonyl (C=O) groups excluding carboxylic acids is 1. The third-order valence-corrected chi connectivity index (χ3v) is 4.92. The third kappa shape index (κ3) is 5.91. The smallest absolute Gasteiger partial charge is 0.252 e. The fourth-order valence-electron chi connectivity index (χ4n) is 3.28. The summed E-state index contributed by atoms with van der Waals surface area (Å²) in [6, 6.07) is 8.84. The number of halogens is 1. The molecule has 0 saturated carbocycles. The Morgan fingerprint density at radius 2 is 2.09 bits per heavy atom. The van der Waals surface area contributed by atoms with Crippen LogP contribution in [-0.4, -0.2) is 25.7 Å². The number of nitrogens with one attached hydrogen (secondary N) is 3. The Labute approximate surface area is 191 Å². The van der Waals surface area contributed by atoms with Crippen molar-refractivity contribution in [3.05, 3.63) is 90.3 Å². The molecule has 0 radical (unpaired) electrons. The highest BCUT2D eigenvalue weighted by atomic mass is 19.1. The van der Waals surface area contributed by atoms with E-state index >= 15 is 0 Å². The lowest BCUT2D eigenvalue weighted by molar-refractivity contribution is -0.113. The molecule has 0 fully saturated rings. The molecule has 0 atom stereocenters. The van der Waals surface area contributed by atoms with Gasteiger partial charge in [0, 0.05) is 35.0 Å². The van der Waals surface area contributed by atoms with Gasteiger partial charge in [0.1, 0.15) is 0 Å². The molecular formula is C24H24FN7O. The Balaban J connectivity index is 1.42. The average Bonchev–Trinajstić information content (AvgIpc) is 3.29. The van der Waals surface area contributed by atoms with Crippen molar-refractivity contribution in [3.8, 4) is 0 Å². The first-order chi connectivity index (χ1) is 16.0. The van der Waals surface area contributed by atoms with Crippen molar-refractivity contribution < 1.29 is 9.18 Å². The standard InChI is InChI=1S/C24H24FN7O/c1-16-6-3-7-18(12-16)28-22-21(25)14-26-24(31-22)30-20-9-4-8-19(13-20)29-23(33)17(2)15-32-11-5-10-27-32/h4-5,7-14H,2-3,6,15H2,1H3,(H,29,33)(H2,26,28,30,31). The minimum Gasteiger partial charge on any atom is -0.338 e. The van der Waals surface area contributed by atoms with Gasteiger partial charge in [-0.05, 0) is 50.1 Å². The normalized spacial score (nSPS) is 13.0. The Morgan fingerprint density at radius 3 is 2.88 bits per heavy atom. The van der Waals surface area contributed by atoms with E-state index in [1.807, 2.05) is 19.1 Å². The summed E-state index contributed by atoms with van der Waals surface area (Å²) in [5.41, 5.74) is 3.60. The van der Waals surface area contributed by atoms with Gasteiger partial charge in [0.05, 0.1) is 12.7 Å². The SMILES string of the molecule is C=C(Cn1cccn1)C(=O)Nc1cccc(Nc2ncc(F)c(NC3=CCCC(C)=C3)n2)c1. The first-order valence-corrected chi connectivity index (χ1v) is 10.5. The number of carbonyl (C=O) groups is 1. The highest BCUT2D eigenvalue weighted by Gasteiger charge is 2.12. The Hall–Kier alpha value is -4.27. The Morgan fingerprint density at radius 1 is 1.24 bits per heavy atom. The summed E-state index contributed by atoms with van der Waals surface area (Å²) in [6.45, 7) is 6.16. The van der Waals surface area contributed by atoms with E-state index in [1.54, 1.807) is 47.4 Å². The van der Waals surface area contributed by atoms with Crippen molar-refractivity contribution in [1.82, 2.24) is 19.7 Å². The largest absolute Gasteiger partial charge is 0.338 e. The van der Waals surface area contributed by atoms with Crippen LogP contribution in [0.2, 0.25) is 0 Å². The fraction of sp³-hybridized carbons (Fsp3) is 0.167. The van der Waals surface area contributed by atoms with E-state index in [-0.39, 0.29) is 17.7 Å². The number of benzene rings is 1. The van der Waals surface area contributed by atoms with Crippen LogP contribution in [-0.2, 0) is 11.3 Å². The van der Waals surface area contributed by atoms with E-state index < -0.39 is 5.82 Å². The maximum absolute atomic E-state index is 14.3. The predicted octanol–water partition coefficient (Wildman–Crippen LogP) is 4.79. The second kappa shape index (κ2) is 9.90. The minimum atomic E-state index is -0.546. The fourth-order valence-corrected chi connectivity index (χ4v) is 3.28. The molecule has 2 aromatic heterocycles. The van der Waals surface area contributed by atoms with E-state index in [1.165, 1.54) is 5.57 Å². The van der Waals surface area contributed by atoms with Crippen LogP contribution in [0.5, 0.6) is 0 Å². The molecule has 0 aliphatic heterocycles. The number of hydrogen-bond acceptors (Lipinski definition) is 6. The van der Waals surface area contributed by atoms with E-state index in [0.717, 1.165) is 24.7 Å². The molecule has 8 nitrogen and oxygen atoms in total. The van der Waals surface area contributed by atoms with E-state index in [9.17, 15) is 9.18 Å². The summed E-state index contributed by atoms with van der Waals surface area (Å²) in [4.78, 5) is 20.7. The molecular weight excluding hydrogens is 421 g/mol. The van der Waals surface area contributed by atoms with Gasteiger partial charge in [0.2, 0.25) is 5.95 Å². The number of anilines is 4. The molecule has 1 aromatic carbocycles. The summed E-state index contributed by atoms with van der Waals surface area (Å²) >= 11 is 0. The van der Waals surface area contributed by atoms with Crippen molar-refractivity contribution in [3.63, 3.8) is 0 Å². The molecule has 3 N–H and O–H groups in total. The van der Waals surface area contributed by atoms with Crippen LogP contribution in [0.1, 0.15) is 19.8 Å². The van der Waals surface area contributed by atoms with E-state index in [2.05, 4.69) is 37.6 Å². The van der Waals surface area contributed by atoms with Gasteiger partial charge in [-0.25, -0.2) is 9.37 Å². The summed E-state index contributed by atoms with van der Waals surface area (Å²) in [5.74, 6) is -0.544. The van der Waals surface area contributed by atoms with Crippen LogP contribution in [0.15, 0.2) is 84.5 Å². The monoisotopic (exact) mass is 445 g/mol. The van der Waals surface area contributed by atoms with E-state index in [0.29, 0.717) is 23.5 Å². The van der Waals surface area contributed by atoms with Crippen LogP contribution >= 0.6 is 0 Å². The van der Waals surface area contributed by atoms with Crippen LogP contribution in [0.25, 0.3) is 0 Å². The number of aromatic nitrogens is 4. The predicted molar refractivity (Wildman–Crippen MR) is 126 cm³/mol. The van der Waals surface area contributed by atoms with Gasteiger partial charge < -0.3 is 16.0 Å². The van der Waals surface area contributed by atoms with Crippen LogP contribution in [0.3, 0.4) is 0 Å². The first kappa shape index (κ1) is 21.9. The van der Waals surface area contributed by atoms with Gasteiger partial charge in [0.25, 0.3) is 5.91 Å². The zero-order valence-corrected chi connectivity index (χ0v) is 18.2. The quantitative estimate of drug-likeness (QED) is 0.432. The van der Waals surface area contributed by atoms with Gasteiger partial charge in [-0.3, -0.25) is 9.48 Å². The zero-order valence-electron chi connectivity index (χ0n) is 18.2. The molecule has 0 bridgehead atoms. The van der Waals surface area contributed by atoms with Crippen molar-refractivity contribution in [2.45, 2.75) is 26.3 Å². The lowest BCUT2D eigenvalue weighted by Crippen LogP contribution is -2.17. The third-order valence-electron chi connectivity index (χ3n) is 4.92. The molecule has 168 valence electrons. The van der Waals surface area contributed by atoms with Gasteiger partial charge in [-0.2, -0.15) is 10.1 Å². The summed E-state index contributed by atoms with van der Waals surface area (Å²) < 4.78 is 15.9. The second-order valence-corrected chi connectivity index (χ2v) is 7.67. The number of rotatable bonds is 8. The van der Waals surface area contributed by atoms with Crippen LogP contribution in [0.4, 0.5) is 27.5 Å². The van der Waals surface area contributed by atoms with E-state index in [4.69, 9.17) is 0 Å². The van der Waals surface area contributed by atoms with Crippen LogP contribution in [0, 0.1) is 5.82 Å². The molecule has 1 aliphatic rings. The molecule has 1 aliphatic carbocycles. The van der Waals surface area contributed by atoms with Gasteiger partial charge in [-0.1, -0.05) is 24.3 Å². The van der Waals surface area contributed by atoms with Crippen molar-refractivity contribution >= 4 is 29.0 Å². The maximum atomic E-state index is 14.3. The molecule has 0 spiro atoms. The number of amides is 1. The molecule has 1 amide bonds. The maximum Gasteiger partial charge on any atom is 0.252 e. The molecule has 9 heteroatoms. The van der Waals surface area contributed by atoms with Crippen molar-refractivity contribution in [2.24, 2.45) is 0 Å². The second-order valence-electron chi connectivity index (χ2n) is 7.67. The average molecular weight is 446 g/mol. The molecule has 2 heterocycles. The molecule has 0 unspecified atom stereocenters. The Bertz CT molecular complexity index is 1230. The lowest BCUT2D eigenvalue weighted by Gasteiger charge is -2.14. The topological polar surface area (TPSA) is 96.8 Å². The summed E-state index contributed by atoms with van der Waals surface area (Å²) in [6.07, 6.45) is 10.4. The van der Waals surface area contributed by atoms with Crippen molar-refractivity contribution in [1.29, 1.82) is 0 Å². The molecule has 0 saturated heterocycles. The number of allylic oxidation sites excluding steroid dienone is 3. The summed E-state index contributed by atoms with van der Waals surface area (Å²) in [5, 5.41) is 12.9. The highest BCUT2D eigenvalue weighted by molar-refractivity contribution is 6.03. The zero-order chi connectivity index (χ0) is 23.2. The van der Waals surface area contributed by atoms with Gasteiger partial charge >= 0.3 is 0 Å².